The minimum atomic E-state index is 0.750. The van der Waals surface area contributed by atoms with Crippen LogP contribution in [0.3, 0.4) is 0 Å². The summed E-state index contributed by atoms with van der Waals surface area (Å²) in [6.45, 7) is 4.03. The van der Waals surface area contributed by atoms with Crippen LogP contribution in [0.2, 0.25) is 0 Å². The zero-order valence-electron chi connectivity index (χ0n) is 15.6. The van der Waals surface area contributed by atoms with Crippen molar-refractivity contribution in [1.29, 1.82) is 0 Å². The maximum Gasteiger partial charge on any atom is 0.134 e. The van der Waals surface area contributed by atoms with Crippen LogP contribution < -0.4 is 9.80 Å². The Bertz CT molecular complexity index is 878. The number of nitrogens with zero attached hydrogens (tertiary/aromatic N) is 4. The molecule has 3 aromatic rings. The number of rotatable bonds is 5. The SMILES string of the molecule is CN(Cc1ccccc1-c1ccccc1)c1cc(N2CCOCC2)ncn1. The second-order valence-corrected chi connectivity index (χ2v) is 6.71. The van der Waals surface area contributed by atoms with Gasteiger partial charge in [-0.3, -0.25) is 0 Å². The van der Waals surface area contributed by atoms with Crippen molar-refractivity contribution in [3.63, 3.8) is 0 Å². The summed E-state index contributed by atoms with van der Waals surface area (Å²) < 4.78 is 5.44. The Labute approximate surface area is 160 Å². The second-order valence-electron chi connectivity index (χ2n) is 6.71. The van der Waals surface area contributed by atoms with Gasteiger partial charge in [-0.15, -0.1) is 0 Å². The summed E-state index contributed by atoms with van der Waals surface area (Å²) in [6.07, 6.45) is 1.65. The summed E-state index contributed by atoms with van der Waals surface area (Å²) in [6, 6.07) is 21.1. The number of hydrogen-bond acceptors (Lipinski definition) is 5. The van der Waals surface area contributed by atoms with Crippen LogP contribution in [0.25, 0.3) is 11.1 Å². The minimum Gasteiger partial charge on any atom is -0.378 e. The van der Waals surface area contributed by atoms with E-state index in [1.807, 2.05) is 6.07 Å². The Morgan fingerprint density at radius 2 is 1.70 bits per heavy atom. The van der Waals surface area contributed by atoms with E-state index in [2.05, 4.69) is 81.4 Å². The topological polar surface area (TPSA) is 41.5 Å². The van der Waals surface area contributed by atoms with Gasteiger partial charge in [0.2, 0.25) is 0 Å². The highest BCUT2D eigenvalue weighted by Gasteiger charge is 2.15. The van der Waals surface area contributed by atoms with Crippen molar-refractivity contribution in [2.45, 2.75) is 6.54 Å². The fourth-order valence-corrected chi connectivity index (χ4v) is 3.41. The van der Waals surface area contributed by atoms with Crippen molar-refractivity contribution in [2.24, 2.45) is 0 Å². The molecule has 4 rings (SSSR count). The average molecular weight is 360 g/mol. The minimum absolute atomic E-state index is 0.750. The number of morpholine rings is 1. The summed E-state index contributed by atoms with van der Waals surface area (Å²) in [4.78, 5) is 13.4. The molecule has 1 saturated heterocycles. The second kappa shape index (κ2) is 8.18. The number of aromatic nitrogens is 2. The van der Waals surface area contributed by atoms with Gasteiger partial charge in [-0.2, -0.15) is 0 Å². The van der Waals surface area contributed by atoms with E-state index < -0.39 is 0 Å². The van der Waals surface area contributed by atoms with Crippen molar-refractivity contribution < 1.29 is 4.74 Å². The van der Waals surface area contributed by atoms with Crippen LogP contribution in [-0.4, -0.2) is 43.3 Å². The van der Waals surface area contributed by atoms with Gasteiger partial charge < -0.3 is 14.5 Å². The van der Waals surface area contributed by atoms with Crippen LogP contribution in [0, 0.1) is 0 Å². The summed E-state index contributed by atoms with van der Waals surface area (Å²) in [5, 5.41) is 0. The zero-order chi connectivity index (χ0) is 18.5. The van der Waals surface area contributed by atoms with Crippen LogP contribution in [0.15, 0.2) is 67.0 Å². The smallest absolute Gasteiger partial charge is 0.134 e. The molecule has 1 aromatic heterocycles. The van der Waals surface area contributed by atoms with Gasteiger partial charge in [-0.05, 0) is 16.7 Å². The largest absolute Gasteiger partial charge is 0.378 e. The molecule has 1 aliphatic heterocycles. The summed E-state index contributed by atoms with van der Waals surface area (Å²) in [7, 11) is 2.08. The molecule has 0 aliphatic carbocycles. The Balaban J connectivity index is 1.56. The first-order chi connectivity index (χ1) is 13.3. The van der Waals surface area contributed by atoms with E-state index in [0.717, 1.165) is 44.5 Å². The van der Waals surface area contributed by atoms with E-state index in [9.17, 15) is 0 Å². The lowest BCUT2D eigenvalue weighted by molar-refractivity contribution is 0.122. The normalized spacial score (nSPS) is 14.2. The molecular formula is C22H24N4O. The molecule has 2 aromatic carbocycles. The van der Waals surface area contributed by atoms with E-state index in [0.29, 0.717) is 0 Å². The molecule has 0 N–H and O–H groups in total. The van der Waals surface area contributed by atoms with E-state index in [1.165, 1.54) is 16.7 Å². The highest BCUT2D eigenvalue weighted by Crippen LogP contribution is 2.26. The van der Waals surface area contributed by atoms with Crippen LogP contribution in [0.1, 0.15) is 5.56 Å². The quantitative estimate of drug-likeness (QED) is 0.695. The molecule has 138 valence electrons. The highest BCUT2D eigenvalue weighted by molar-refractivity contribution is 5.67. The van der Waals surface area contributed by atoms with E-state index in [1.54, 1.807) is 6.33 Å². The molecule has 0 spiro atoms. The highest BCUT2D eigenvalue weighted by atomic mass is 16.5. The Hall–Kier alpha value is -2.92. The average Bonchev–Trinajstić information content (AvgIpc) is 2.75. The molecule has 0 atom stereocenters. The predicted octanol–water partition coefficient (Wildman–Crippen LogP) is 3.62. The molecule has 5 nitrogen and oxygen atoms in total. The maximum absolute atomic E-state index is 5.44. The van der Waals surface area contributed by atoms with Gasteiger partial charge in [0.15, 0.2) is 0 Å². The lowest BCUT2D eigenvalue weighted by Crippen LogP contribution is -2.36. The van der Waals surface area contributed by atoms with Crippen molar-refractivity contribution in [3.05, 3.63) is 72.6 Å². The first-order valence-electron chi connectivity index (χ1n) is 9.30. The molecule has 2 heterocycles. The van der Waals surface area contributed by atoms with Gasteiger partial charge in [-0.25, -0.2) is 9.97 Å². The van der Waals surface area contributed by atoms with Crippen molar-refractivity contribution >= 4 is 11.6 Å². The van der Waals surface area contributed by atoms with Crippen molar-refractivity contribution in [2.75, 3.05) is 43.2 Å². The number of benzene rings is 2. The van der Waals surface area contributed by atoms with Gasteiger partial charge in [0, 0.05) is 32.7 Å². The lowest BCUT2D eigenvalue weighted by atomic mass is 9.99. The van der Waals surface area contributed by atoms with Gasteiger partial charge >= 0.3 is 0 Å². The number of anilines is 2. The van der Waals surface area contributed by atoms with Gasteiger partial charge in [0.1, 0.15) is 18.0 Å². The monoisotopic (exact) mass is 360 g/mol. The van der Waals surface area contributed by atoms with Crippen LogP contribution >= 0.6 is 0 Å². The van der Waals surface area contributed by atoms with Crippen LogP contribution in [0.4, 0.5) is 11.6 Å². The maximum atomic E-state index is 5.44. The van der Waals surface area contributed by atoms with Gasteiger partial charge in [0.25, 0.3) is 0 Å². The van der Waals surface area contributed by atoms with Crippen LogP contribution in [0.5, 0.6) is 0 Å². The van der Waals surface area contributed by atoms with Gasteiger partial charge in [-0.1, -0.05) is 54.6 Å². The molecule has 1 aliphatic rings. The first kappa shape index (κ1) is 17.5. The Kier molecular flexibility index (Phi) is 5.30. The third kappa shape index (κ3) is 4.09. The summed E-state index contributed by atoms with van der Waals surface area (Å²) >= 11 is 0. The molecule has 0 unspecified atom stereocenters. The molecule has 5 heteroatoms. The van der Waals surface area contributed by atoms with Crippen molar-refractivity contribution in [3.8, 4) is 11.1 Å². The number of hydrogen-bond donors (Lipinski definition) is 0. The lowest BCUT2D eigenvalue weighted by Gasteiger charge is -2.28. The molecule has 27 heavy (non-hydrogen) atoms. The Morgan fingerprint density at radius 3 is 2.52 bits per heavy atom. The van der Waals surface area contributed by atoms with E-state index >= 15 is 0 Å². The standard InChI is InChI=1S/C22H24N4O/c1-25(21-15-22(24-17-23-21)26-11-13-27-14-12-26)16-19-9-5-6-10-20(19)18-7-3-2-4-8-18/h2-10,15,17H,11-14,16H2,1H3. The molecule has 1 fully saturated rings. The summed E-state index contributed by atoms with van der Waals surface area (Å²) in [5.41, 5.74) is 3.77. The molecule has 0 bridgehead atoms. The number of ether oxygens (including phenoxy) is 1. The zero-order valence-corrected chi connectivity index (χ0v) is 15.6. The van der Waals surface area contributed by atoms with Crippen molar-refractivity contribution in [1.82, 2.24) is 9.97 Å². The van der Waals surface area contributed by atoms with E-state index in [-0.39, 0.29) is 0 Å². The molecule has 0 radical (unpaired) electrons. The van der Waals surface area contributed by atoms with Crippen LogP contribution in [-0.2, 0) is 11.3 Å². The fourth-order valence-electron chi connectivity index (χ4n) is 3.41. The Morgan fingerprint density at radius 1 is 0.963 bits per heavy atom. The van der Waals surface area contributed by atoms with Gasteiger partial charge in [0.05, 0.1) is 13.2 Å². The molecule has 0 saturated carbocycles. The van der Waals surface area contributed by atoms with E-state index in [4.69, 9.17) is 4.74 Å². The third-order valence-corrected chi connectivity index (χ3v) is 4.87. The molecule has 0 amide bonds. The first-order valence-corrected chi connectivity index (χ1v) is 9.30. The third-order valence-electron chi connectivity index (χ3n) is 4.87. The fraction of sp³-hybridized carbons (Fsp3) is 0.273. The summed E-state index contributed by atoms with van der Waals surface area (Å²) in [5.74, 6) is 1.89. The molecular weight excluding hydrogens is 336 g/mol. The predicted molar refractivity (Wildman–Crippen MR) is 109 cm³/mol.